The summed E-state index contributed by atoms with van der Waals surface area (Å²) in [4.78, 5) is 72.2. The normalized spacial score (nSPS) is 13.9. The number of phenolic OH excluding ortho intramolecular Hbond substituents is 1. The summed E-state index contributed by atoms with van der Waals surface area (Å²) in [5.74, 6) is -5.71. The summed E-state index contributed by atoms with van der Waals surface area (Å²) in [7, 11) is 0. The zero-order valence-corrected chi connectivity index (χ0v) is 21.4. The average molecular weight is 538 g/mol. The van der Waals surface area contributed by atoms with Gasteiger partial charge in [-0.3, -0.25) is 28.8 Å². The van der Waals surface area contributed by atoms with Gasteiger partial charge in [0.15, 0.2) is 0 Å². The van der Waals surface area contributed by atoms with Crippen LogP contribution in [0.1, 0.15) is 39.2 Å². The molecular weight excluding hydrogens is 502 g/mol. The lowest BCUT2D eigenvalue weighted by atomic mass is 10.0. The molecule has 210 valence electrons. The van der Waals surface area contributed by atoms with Crippen molar-refractivity contribution in [2.75, 3.05) is 6.54 Å². The second-order valence-electron chi connectivity index (χ2n) is 9.17. The summed E-state index contributed by atoms with van der Waals surface area (Å²) in [6.07, 6.45) is -0.530. The molecule has 0 saturated heterocycles. The fourth-order valence-electron chi connectivity index (χ4n) is 3.30. The monoisotopic (exact) mass is 537 g/mol. The van der Waals surface area contributed by atoms with Gasteiger partial charge in [-0.1, -0.05) is 26.0 Å². The number of aliphatic carboxylic acids is 2. The number of hydrogen-bond acceptors (Lipinski definition) is 8. The minimum absolute atomic E-state index is 0.0177. The number of nitrogens with two attached hydrogens (primary N) is 1. The van der Waals surface area contributed by atoms with Gasteiger partial charge in [-0.25, -0.2) is 0 Å². The first-order valence-corrected chi connectivity index (χ1v) is 11.9. The summed E-state index contributed by atoms with van der Waals surface area (Å²) in [5, 5.41) is 36.7. The lowest BCUT2D eigenvalue weighted by Gasteiger charge is -2.24. The van der Waals surface area contributed by atoms with Crippen molar-refractivity contribution >= 4 is 35.6 Å². The minimum atomic E-state index is -1.43. The van der Waals surface area contributed by atoms with Crippen molar-refractivity contribution < 1.29 is 44.1 Å². The molecule has 0 aliphatic carbocycles. The van der Waals surface area contributed by atoms with Crippen LogP contribution in [0.4, 0.5) is 0 Å². The maximum Gasteiger partial charge on any atom is 0.322 e. The van der Waals surface area contributed by atoms with Crippen molar-refractivity contribution in [3.63, 3.8) is 0 Å². The standard InChI is InChI=1S/C24H35N5O9/c1-12(2)8-17(23(37)26-11-20(33)34)28-21(35)13(3)27-24(38)18(9-14-4-6-15(30)7-5-14)29-22(36)16(25)10-19(31)32/h4-7,12-13,16-18,30H,8-11,25H2,1-3H3,(H,26,37)(H,27,38)(H,28,35)(H,29,36)(H,31,32)(H,33,34)/t13-,16-,17-,18-/m0/s1. The van der Waals surface area contributed by atoms with Gasteiger partial charge in [0.1, 0.15) is 30.4 Å². The number of hydrogen-bond donors (Lipinski definition) is 8. The van der Waals surface area contributed by atoms with Crippen molar-refractivity contribution in [2.45, 2.75) is 64.2 Å². The maximum absolute atomic E-state index is 13.0. The van der Waals surface area contributed by atoms with Crippen LogP contribution < -0.4 is 27.0 Å². The molecule has 14 heteroatoms. The number of carbonyl (C=O) groups is 6. The number of carboxylic acids is 2. The van der Waals surface area contributed by atoms with E-state index in [9.17, 15) is 33.9 Å². The zero-order valence-electron chi connectivity index (χ0n) is 21.4. The van der Waals surface area contributed by atoms with Crippen LogP contribution >= 0.6 is 0 Å². The predicted octanol–water partition coefficient (Wildman–Crippen LogP) is -1.54. The van der Waals surface area contributed by atoms with Gasteiger partial charge in [0.2, 0.25) is 23.6 Å². The van der Waals surface area contributed by atoms with Crippen LogP contribution in [-0.2, 0) is 35.2 Å². The second kappa shape index (κ2) is 15.1. The number of amides is 4. The highest BCUT2D eigenvalue weighted by Gasteiger charge is 2.29. The van der Waals surface area contributed by atoms with E-state index in [0.29, 0.717) is 5.56 Å². The first kappa shape index (κ1) is 31.8. The number of carboxylic acid groups (broad SMARTS) is 2. The van der Waals surface area contributed by atoms with Gasteiger partial charge in [-0.15, -0.1) is 0 Å². The predicted molar refractivity (Wildman–Crippen MR) is 134 cm³/mol. The van der Waals surface area contributed by atoms with Crippen molar-refractivity contribution in [1.29, 1.82) is 0 Å². The average Bonchev–Trinajstić information content (AvgIpc) is 2.81. The molecule has 0 aliphatic rings. The lowest BCUT2D eigenvalue weighted by molar-refractivity contribution is -0.140. The summed E-state index contributed by atoms with van der Waals surface area (Å²) >= 11 is 0. The molecule has 1 aromatic rings. The summed E-state index contributed by atoms with van der Waals surface area (Å²) in [6.45, 7) is 4.34. The first-order valence-electron chi connectivity index (χ1n) is 11.9. The van der Waals surface area contributed by atoms with Gasteiger partial charge >= 0.3 is 11.9 Å². The molecule has 0 aliphatic heterocycles. The van der Waals surface area contributed by atoms with Gasteiger partial charge in [0, 0.05) is 6.42 Å². The van der Waals surface area contributed by atoms with Crippen LogP contribution in [0.25, 0.3) is 0 Å². The van der Waals surface area contributed by atoms with E-state index in [-0.39, 0.29) is 24.5 Å². The highest BCUT2D eigenvalue weighted by atomic mass is 16.4. The second-order valence-corrected chi connectivity index (χ2v) is 9.17. The van der Waals surface area contributed by atoms with E-state index in [1.165, 1.54) is 31.2 Å². The van der Waals surface area contributed by atoms with Gasteiger partial charge in [0.05, 0.1) is 12.5 Å². The molecule has 4 amide bonds. The molecule has 4 atom stereocenters. The van der Waals surface area contributed by atoms with Crippen LogP contribution in [0, 0.1) is 5.92 Å². The van der Waals surface area contributed by atoms with E-state index in [0.717, 1.165) is 0 Å². The van der Waals surface area contributed by atoms with E-state index < -0.39 is 72.7 Å². The summed E-state index contributed by atoms with van der Waals surface area (Å²) < 4.78 is 0. The molecule has 0 bridgehead atoms. The zero-order chi connectivity index (χ0) is 29.0. The summed E-state index contributed by atoms with van der Waals surface area (Å²) in [5.41, 5.74) is 6.14. The summed E-state index contributed by atoms with van der Waals surface area (Å²) in [6, 6.07) is 0.879. The molecule has 9 N–H and O–H groups in total. The fraction of sp³-hybridized carbons (Fsp3) is 0.500. The van der Waals surface area contributed by atoms with Crippen molar-refractivity contribution in [1.82, 2.24) is 21.3 Å². The molecule has 14 nitrogen and oxygen atoms in total. The van der Waals surface area contributed by atoms with Crippen LogP contribution in [0.15, 0.2) is 24.3 Å². The Bertz CT molecular complexity index is 1010. The lowest BCUT2D eigenvalue weighted by Crippen LogP contribution is -2.57. The molecule has 0 saturated carbocycles. The van der Waals surface area contributed by atoms with E-state index in [2.05, 4.69) is 21.3 Å². The van der Waals surface area contributed by atoms with E-state index >= 15 is 0 Å². The van der Waals surface area contributed by atoms with E-state index in [1.807, 2.05) is 0 Å². The van der Waals surface area contributed by atoms with Crippen LogP contribution in [0.2, 0.25) is 0 Å². The molecule has 1 aromatic carbocycles. The number of carbonyl (C=O) groups excluding carboxylic acids is 4. The largest absolute Gasteiger partial charge is 0.508 e. The Morgan fingerprint density at radius 1 is 0.789 bits per heavy atom. The molecule has 0 spiro atoms. The number of nitrogens with one attached hydrogen (secondary N) is 4. The van der Waals surface area contributed by atoms with Crippen LogP contribution in [0.5, 0.6) is 5.75 Å². The molecule has 0 radical (unpaired) electrons. The Hall–Kier alpha value is -4.20. The van der Waals surface area contributed by atoms with E-state index in [4.69, 9.17) is 15.9 Å². The van der Waals surface area contributed by atoms with Crippen LogP contribution in [0.3, 0.4) is 0 Å². The number of benzene rings is 1. The molecule has 0 unspecified atom stereocenters. The van der Waals surface area contributed by atoms with E-state index in [1.54, 1.807) is 13.8 Å². The van der Waals surface area contributed by atoms with Crippen molar-refractivity contribution in [3.05, 3.63) is 29.8 Å². The number of phenols is 1. The molecule has 1 rings (SSSR count). The third-order valence-electron chi connectivity index (χ3n) is 5.25. The van der Waals surface area contributed by atoms with Crippen molar-refractivity contribution in [3.8, 4) is 5.75 Å². The number of aromatic hydroxyl groups is 1. The quantitative estimate of drug-likeness (QED) is 0.128. The van der Waals surface area contributed by atoms with Gasteiger partial charge < -0.3 is 42.3 Å². The third-order valence-corrected chi connectivity index (χ3v) is 5.25. The van der Waals surface area contributed by atoms with Crippen molar-refractivity contribution in [2.24, 2.45) is 11.7 Å². The topological polar surface area (TPSA) is 237 Å². The molecule has 0 aromatic heterocycles. The highest BCUT2D eigenvalue weighted by Crippen LogP contribution is 2.12. The Labute approximate surface area is 219 Å². The molecule has 0 heterocycles. The Balaban J connectivity index is 2.97. The Morgan fingerprint density at radius 2 is 1.37 bits per heavy atom. The first-order chi connectivity index (χ1) is 17.7. The van der Waals surface area contributed by atoms with Crippen LogP contribution in [-0.4, -0.2) is 81.6 Å². The molecular formula is C24H35N5O9. The maximum atomic E-state index is 13.0. The molecule has 0 fully saturated rings. The Morgan fingerprint density at radius 3 is 1.89 bits per heavy atom. The minimum Gasteiger partial charge on any atom is -0.508 e. The van der Waals surface area contributed by atoms with Gasteiger partial charge in [-0.2, -0.15) is 0 Å². The fourth-order valence-corrected chi connectivity index (χ4v) is 3.30. The van der Waals surface area contributed by atoms with Gasteiger partial charge in [0.25, 0.3) is 0 Å². The third kappa shape index (κ3) is 11.7. The number of rotatable bonds is 15. The van der Waals surface area contributed by atoms with Gasteiger partial charge in [-0.05, 0) is 37.0 Å². The SMILES string of the molecule is CC(C)C[C@H](NC(=O)[C@H](C)NC(=O)[C@H](Cc1ccc(O)cc1)NC(=O)[C@@H](N)CC(=O)O)C(=O)NCC(=O)O. The molecule has 38 heavy (non-hydrogen) atoms. The Kier molecular flexibility index (Phi) is 12.7. The smallest absolute Gasteiger partial charge is 0.322 e. The highest BCUT2D eigenvalue weighted by molar-refractivity contribution is 5.95.